The third kappa shape index (κ3) is 3.93. The van der Waals surface area contributed by atoms with E-state index in [2.05, 4.69) is 31.4 Å². The van der Waals surface area contributed by atoms with Crippen LogP contribution in [0.5, 0.6) is 5.75 Å². The summed E-state index contributed by atoms with van der Waals surface area (Å²) in [6.45, 7) is 1.78. The molecule has 136 valence electrons. The number of aromatic hydroxyl groups is 1. The van der Waals surface area contributed by atoms with Crippen LogP contribution in [0.25, 0.3) is 10.9 Å². The molecule has 0 bridgehead atoms. The van der Waals surface area contributed by atoms with E-state index < -0.39 is 22.3 Å². The van der Waals surface area contributed by atoms with Gasteiger partial charge in [0.1, 0.15) is 0 Å². The van der Waals surface area contributed by atoms with Crippen LogP contribution in [0.2, 0.25) is 0 Å². The number of hydrogen-bond donors (Lipinski definition) is 2. The van der Waals surface area contributed by atoms with Crippen LogP contribution in [-0.2, 0) is 0 Å². The van der Waals surface area contributed by atoms with E-state index in [1.54, 1.807) is 31.2 Å². The number of carbonyl (C=O) groups is 1. The van der Waals surface area contributed by atoms with Crippen LogP contribution in [0.3, 0.4) is 0 Å². The molecule has 0 aliphatic rings. The highest BCUT2D eigenvalue weighted by Gasteiger charge is 2.18. The number of nitrogens with zero attached hydrogens (tertiary/aromatic N) is 3. The number of nitro benzene ring substituents is 1. The number of nitrogens with one attached hydrogen (secondary N) is 1. The Morgan fingerprint density at radius 1 is 1.33 bits per heavy atom. The van der Waals surface area contributed by atoms with Crippen LogP contribution in [0.1, 0.15) is 21.6 Å². The van der Waals surface area contributed by atoms with E-state index in [1.165, 1.54) is 12.1 Å². The summed E-state index contributed by atoms with van der Waals surface area (Å²) in [5.74, 6) is -0.997. The molecule has 9 heteroatoms. The number of aryl methyl sites for hydroxylation is 1. The fraction of sp³-hybridized carbons (Fsp3) is 0.0556. The van der Waals surface area contributed by atoms with Crippen LogP contribution in [-0.4, -0.2) is 27.1 Å². The lowest BCUT2D eigenvalue weighted by Gasteiger charge is -2.06. The average molecular weight is 429 g/mol. The Labute approximate surface area is 161 Å². The zero-order chi connectivity index (χ0) is 19.6. The number of benzene rings is 2. The maximum atomic E-state index is 12.5. The molecular formula is C18H13BrN4O4. The third-order valence-corrected chi connectivity index (χ3v) is 4.20. The van der Waals surface area contributed by atoms with E-state index in [0.29, 0.717) is 26.6 Å². The first-order chi connectivity index (χ1) is 12.9. The van der Waals surface area contributed by atoms with Gasteiger partial charge >= 0.3 is 5.69 Å². The average Bonchev–Trinajstić information content (AvgIpc) is 2.63. The van der Waals surface area contributed by atoms with Crippen LogP contribution in [0, 0.1) is 17.0 Å². The number of aromatic nitrogens is 1. The van der Waals surface area contributed by atoms with Crippen molar-refractivity contribution in [2.45, 2.75) is 6.92 Å². The molecule has 3 rings (SSSR count). The largest absolute Gasteiger partial charge is 0.502 e. The van der Waals surface area contributed by atoms with Gasteiger partial charge in [-0.25, -0.2) is 5.43 Å². The summed E-state index contributed by atoms with van der Waals surface area (Å²) in [7, 11) is 0. The number of nitro groups is 1. The standard InChI is InChI=1S/C18H13BrN4O4/c1-10-6-14(13-4-2-3-5-15(13)21-10)18(25)22-20-9-11-7-12(19)8-16(17(11)24)23(26)27/h2-9,24H,1H3,(H,22,25)/b20-9-. The molecule has 27 heavy (non-hydrogen) atoms. The van der Waals surface area contributed by atoms with Crippen LogP contribution >= 0.6 is 15.9 Å². The van der Waals surface area contributed by atoms with E-state index in [1.807, 2.05) is 6.07 Å². The zero-order valence-electron chi connectivity index (χ0n) is 14.0. The Hall–Kier alpha value is -3.33. The minimum atomic E-state index is -0.706. The van der Waals surface area contributed by atoms with Crippen molar-refractivity contribution in [2.75, 3.05) is 0 Å². The van der Waals surface area contributed by atoms with Gasteiger partial charge in [0.15, 0.2) is 0 Å². The molecule has 0 atom stereocenters. The maximum Gasteiger partial charge on any atom is 0.312 e. The van der Waals surface area contributed by atoms with Gasteiger partial charge in [-0.3, -0.25) is 19.9 Å². The lowest BCUT2D eigenvalue weighted by Crippen LogP contribution is -2.18. The van der Waals surface area contributed by atoms with Crippen molar-refractivity contribution >= 4 is 44.6 Å². The zero-order valence-corrected chi connectivity index (χ0v) is 15.6. The molecule has 0 unspecified atom stereocenters. The predicted octanol–water partition coefficient (Wildman–Crippen LogP) is 3.68. The van der Waals surface area contributed by atoms with Crippen molar-refractivity contribution in [1.29, 1.82) is 0 Å². The first-order valence-electron chi connectivity index (χ1n) is 7.73. The van der Waals surface area contributed by atoms with Crippen molar-refractivity contribution in [1.82, 2.24) is 10.4 Å². The summed E-state index contributed by atoms with van der Waals surface area (Å²) in [6, 6.07) is 11.5. The number of fused-ring (bicyclic) bond motifs is 1. The second kappa shape index (κ2) is 7.50. The van der Waals surface area contributed by atoms with Gasteiger partial charge in [0.05, 0.1) is 22.2 Å². The second-order valence-electron chi connectivity index (χ2n) is 5.65. The normalized spacial score (nSPS) is 11.0. The second-order valence-corrected chi connectivity index (χ2v) is 6.56. The SMILES string of the molecule is Cc1cc(C(=O)N/N=C\c2cc(Br)cc([N+](=O)[O-])c2O)c2ccccc2n1. The predicted molar refractivity (Wildman–Crippen MR) is 104 cm³/mol. The molecule has 0 aliphatic heterocycles. The number of carbonyl (C=O) groups excluding carboxylic acids is 1. The van der Waals surface area contributed by atoms with E-state index in [4.69, 9.17) is 0 Å². The number of amides is 1. The summed E-state index contributed by atoms with van der Waals surface area (Å²) in [5.41, 5.74) is 3.77. The van der Waals surface area contributed by atoms with Crippen molar-refractivity contribution in [3.63, 3.8) is 0 Å². The van der Waals surface area contributed by atoms with Crippen LogP contribution in [0.15, 0.2) is 52.0 Å². The Morgan fingerprint density at radius 2 is 2.07 bits per heavy atom. The van der Waals surface area contributed by atoms with Crippen molar-refractivity contribution in [2.24, 2.45) is 5.10 Å². The topological polar surface area (TPSA) is 118 Å². The Balaban J connectivity index is 1.88. The Kier molecular flexibility index (Phi) is 5.13. The number of para-hydroxylation sites is 1. The van der Waals surface area contributed by atoms with Gasteiger partial charge in [-0.15, -0.1) is 0 Å². The minimum absolute atomic E-state index is 0.0899. The lowest BCUT2D eigenvalue weighted by molar-refractivity contribution is -0.385. The number of pyridine rings is 1. The molecule has 3 aromatic rings. The van der Waals surface area contributed by atoms with E-state index in [-0.39, 0.29) is 5.56 Å². The fourth-order valence-electron chi connectivity index (χ4n) is 2.56. The van der Waals surface area contributed by atoms with Crippen LogP contribution < -0.4 is 5.43 Å². The molecule has 1 amide bonds. The van der Waals surface area contributed by atoms with E-state index >= 15 is 0 Å². The highest BCUT2D eigenvalue weighted by Crippen LogP contribution is 2.32. The van der Waals surface area contributed by atoms with Gasteiger partial charge in [-0.1, -0.05) is 34.1 Å². The monoisotopic (exact) mass is 428 g/mol. The molecule has 2 N–H and O–H groups in total. The van der Waals surface area contributed by atoms with Gasteiger partial charge in [0, 0.05) is 27.2 Å². The maximum absolute atomic E-state index is 12.5. The number of phenols is 1. The van der Waals surface area contributed by atoms with Crippen molar-refractivity contribution in [3.8, 4) is 5.75 Å². The number of phenolic OH excluding ortho intramolecular Hbond substituents is 1. The highest BCUT2D eigenvalue weighted by atomic mass is 79.9. The summed E-state index contributed by atoms with van der Waals surface area (Å²) >= 11 is 3.14. The fourth-order valence-corrected chi connectivity index (χ4v) is 3.02. The molecule has 0 saturated heterocycles. The molecule has 0 saturated carbocycles. The summed E-state index contributed by atoms with van der Waals surface area (Å²) in [4.78, 5) is 27.1. The summed E-state index contributed by atoms with van der Waals surface area (Å²) in [5, 5.41) is 25.4. The van der Waals surface area contributed by atoms with Crippen LogP contribution in [0.4, 0.5) is 5.69 Å². The molecule has 0 radical (unpaired) electrons. The number of hydrogen-bond acceptors (Lipinski definition) is 6. The Bertz CT molecular complexity index is 1100. The third-order valence-electron chi connectivity index (χ3n) is 3.74. The summed E-state index contributed by atoms with van der Waals surface area (Å²) < 4.78 is 0.399. The van der Waals surface area contributed by atoms with Crippen molar-refractivity contribution < 1.29 is 14.8 Å². The first-order valence-corrected chi connectivity index (χ1v) is 8.53. The molecule has 0 fully saturated rings. The van der Waals surface area contributed by atoms with Gasteiger partial charge in [-0.05, 0) is 25.1 Å². The number of halogens is 1. The molecule has 8 nitrogen and oxygen atoms in total. The quantitative estimate of drug-likeness (QED) is 0.373. The molecule has 1 heterocycles. The molecular weight excluding hydrogens is 416 g/mol. The Morgan fingerprint density at radius 3 is 2.81 bits per heavy atom. The smallest absolute Gasteiger partial charge is 0.312 e. The van der Waals surface area contributed by atoms with Gasteiger partial charge in [0.25, 0.3) is 5.91 Å². The van der Waals surface area contributed by atoms with Gasteiger partial charge in [0.2, 0.25) is 5.75 Å². The van der Waals surface area contributed by atoms with Gasteiger partial charge in [-0.2, -0.15) is 5.10 Å². The van der Waals surface area contributed by atoms with E-state index in [9.17, 15) is 20.0 Å². The molecule has 0 aliphatic carbocycles. The van der Waals surface area contributed by atoms with E-state index in [0.717, 1.165) is 6.21 Å². The van der Waals surface area contributed by atoms with Crippen molar-refractivity contribution in [3.05, 3.63) is 73.9 Å². The molecule has 0 spiro atoms. The number of hydrazone groups is 1. The molecule has 2 aromatic carbocycles. The first kappa shape index (κ1) is 18.5. The highest BCUT2D eigenvalue weighted by molar-refractivity contribution is 9.10. The lowest BCUT2D eigenvalue weighted by atomic mass is 10.1. The summed E-state index contributed by atoms with van der Waals surface area (Å²) in [6.07, 6.45) is 1.14. The van der Waals surface area contributed by atoms with Gasteiger partial charge < -0.3 is 5.11 Å². The number of rotatable bonds is 4. The minimum Gasteiger partial charge on any atom is -0.502 e. The molecule has 1 aromatic heterocycles.